The van der Waals surface area contributed by atoms with Crippen LogP contribution in [0.2, 0.25) is 0 Å². The van der Waals surface area contributed by atoms with Crippen LogP contribution in [-0.4, -0.2) is 37.6 Å². The van der Waals surface area contributed by atoms with E-state index < -0.39 is 0 Å². The highest BCUT2D eigenvalue weighted by Crippen LogP contribution is 2.22. The Morgan fingerprint density at radius 2 is 2.47 bits per heavy atom. The molecule has 1 aliphatic rings. The van der Waals surface area contributed by atoms with Crippen molar-refractivity contribution in [3.05, 3.63) is 23.9 Å². The smallest absolute Gasteiger partial charge is 0.141 e. The molecule has 1 atom stereocenters. The van der Waals surface area contributed by atoms with E-state index in [-0.39, 0.29) is 5.84 Å². The lowest BCUT2D eigenvalue weighted by atomic mass is 10.1. The van der Waals surface area contributed by atoms with Crippen LogP contribution < -0.4 is 10.6 Å². The Bertz CT molecular complexity index is 407. The van der Waals surface area contributed by atoms with E-state index in [4.69, 9.17) is 15.9 Å². The second kappa shape index (κ2) is 5.14. The lowest BCUT2D eigenvalue weighted by molar-refractivity contribution is 0.161. The van der Waals surface area contributed by atoms with Gasteiger partial charge in [0.1, 0.15) is 17.3 Å². The molecule has 0 aliphatic carbocycles. The monoisotopic (exact) mass is 234 g/mol. The summed E-state index contributed by atoms with van der Waals surface area (Å²) in [7, 11) is 1.73. The van der Waals surface area contributed by atoms with E-state index in [1.807, 2.05) is 12.1 Å². The number of nitrogens with two attached hydrogens (primary N) is 1. The molecule has 1 aromatic heterocycles. The molecule has 1 fully saturated rings. The first-order valence-corrected chi connectivity index (χ1v) is 5.76. The fraction of sp³-hybridized carbons (Fsp3) is 0.500. The van der Waals surface area contributed by atoms with E-state index in [9.17, 15) is 0 Å². The van der Waals surface area contributed by atoms with Gasteiger partial charge in [-0.25, -0.2) is 4.98 Å². The van der Waals surface area contributed by atoms with Gasteiger partial charge in [0.25, 0.3) is 0 Å². The quantitative estimate of drug-likeness (QED) is 0.598. The number of amidine groups is 1. The van der Waals surface area contributed by atoms with Crippen LogP contribution in [0.1, 0.15) is 12.1 Å². The second-order valence-electron chi connectivity index (χ2n) is 4.35. The zero-order chi connectivity index (χ0) is 12.3. The Morgan fingerprint density at radius 3 is 3.18 bits per heavy atom. The topological polar surface area (TPSA) is 75.2 Å². The van der Waals surface area contributed by atoms with Crippen LogP contribution in [0.25, 0.3) is 0 Å². The van der Waals surface area contributed by atoms with Gasteiger partial charge in [-0.2, -0.15) is 0 Å². The number of anilines is 1. The predicted octanol–water partition coefficient (Wildman–Crippen LogP) is 0.838. The van der Waals surface area contributed by atoms with Crippen LogP contribution in [0.15, 0.2) is 18.2 Å². The van der Waals surface area contributed by atoms with Crippen LogP contribution in [0.5, 0.6) is 0 Å². The summed E-state index contributed by atoms with van der Waals surface area (Å²) in [6, 6.07) is 5.61. The highest BCUT2D eigenvalue weighted by atomic mass is 16.5. The summed E-state index contributed by atoms with van der Waals surface area (Å²) >= 11 is 0. The maximum atomic E-state index is 7.39. The summed E-state index contributed by atoms with van der Waals surface area (Å²) in [5.41, 5.74) is 5.98. The molecule has 17 heavy (non-hydrogen) atoms. The van der Waals surface area contributed by atoms with Crippen molar-refractivity contribution in [3.8, 4) is 0 Å². The molecule has 2 rings (SSSR count). The number of hydrogen-bond donors (Lipinski definition) is 2. The van der Waals surface area contributed by atoms with Crippen molar-refractivity contribution in [2.75, 3.05) is 31.7 Å². The van der Waals surface area contributed by atoms with Gasteiger partial charge in [0.2, 0.25) is 0 Å². The maximum absolute atomic E-state index is 7.39. The number of nitrogens with one attached hydrogen (secondary N) is 1. The molecular weight excluding hydrogens is 216 g/mol. The number of aromatic nitrogens is 1. The molecule has 1 aromatic rings. The van der Waals surface area contributed by atoms with E-state index in [1.165, 1.54) is 0 Å². The zero-order valence-electron chi connectivity index (χ0n) is 10.0. The van der Waals surface area contributed by atoms with E-state index in [0.717, 1.165) is 31.9 Å². The first kappa shape index (κ1) is 11.9. The number of pyridine rings is 1. The maximum Gasteiger partial charge on any atom is 0.141 e. The Hall–Kier alpha value is -1.62. The Balaban J connectivity index is 2.08. The summed E-state index contributed by atoms with van der Waals surface area (Å²) in [5, 5.41) is 7.39. The summed E-state index contributed by atoms with van der Waals surface area (Å²) in [5.74, 6) is 1.48. The number of nitrogens with zero attached hydrogens (tertiary/aromatic N) is 2. The minimum Gasteiger partial charge on any atom is -0.384 e. The predicted molar refractivity (Wildman–Crippen MR) is 67.4 cm³/mol. The van der Waals surface area contributed by atoms with Gasteiger partial charge < -0.3 is 15.4 Å². The molecule has 0 amide bonds. The molecule has 92 valence electrons. The van der Waals surface area contributed by atoms with Gasteiger partial charge in [-0.15, -0.1) is 0 Å². The molecule has 0 aromatic carbocycles. The SMILES string of the molecule is COCC1CCN(c2cccc(C(=N)N)n2)C1. The van der Waals surface area contributed by atoms with E-state index in [0.29, 0.717) is 11.6 Å². The molecule has 1 aliphatic heterocycles. The summed E-state index contributed by atoms with van der Waals surface area (Å²) in [6.45, 7) is 2.74. The molecular formula is C12H18N4O. The average molecular weight is 234 g/mol. The largest absolute Gasteiger partial charge is 0.384 e. The van der Waals surface area contributed by atoms with Crippen LogP contribution in [-0.2, 0) is 4.74 Å². The third-order valence-electron chi connectivity index (χ3n) is 3.02. The van der Waals surface area contributed by atoms with Crippen LogP contribution >= 0.6 is 0 Å². The molecule has 0 spiro atoms. The van der Waals surface area contributed by atoms with Crippen molar-refractivity contribution >= 4 is 11.7 Å². The number of methoxy groups -OCH3 is 1. The lowest BCUT2D eigenvalue weighted by Gasteiger charge is -2.17. The Kier molecular flexibility index (Phi) is 3.58. The van der Waals surface area contributed by atoms with E-state index >= 15 is 0 Å². The minimum atomic E-state index is 0.0134. The van der Waals surface area contributed by atoms with Crippen LogP contribution in [0, 0.1) is 11.3 Å². The lowest BCUT2D eigenvalue weighted by Crippen LogP contribution is -2.23. The molecule has 1 unspecified atom stereocenters. The van der Waals surface area contributed by atoms with Gasteiger partial charge in [-0.3, -0.25) is 5.41 Å². The van der Waals surface area contributed by atoms with Crippen molar-refractivity contribution in [1.82, 2.24) is 4.98 Å². The van der Waals surface area contributed by atoms with Gasteiger partial charge in [0.15, 0.2) is 0 Å². The van der Waals surface area contributed by atoms with E-state index in [1.54, 1.807) is 13.2 Å². The van der Waals surface area contributed by atoms with Gasteiger partial charge >= 0.3 is 0 Å². The number of ether oxygens (including phenoxy) is 1. The standard InChI is InChI=1S/C12H18N4O/c1-17-8-9-5-6-16(7-9)11-4-2-3-10(15-11)12(13)14/h2-4,9H,5-8H2,1H3,(H3,13,14). The third-order valence-corrected chi connectivity index (χ3v) is 3.02. The van der Waals surface area contributed by atoms with Crippen molar-refractivity contribution in [2.24, 2.45) is 11.7 Å². The van der Waals surface area contributed by atoms with Gasteiger partial charge in [0.05, 0.1) is 6.61 Å². The number of nitrogen functional groups attached to an aromatic ring is 1. The van der Waals surface area contributed by atoms with E-state index in [2.05, 4.69) is 9.88 Å². The summed E-state index contributed by atoms with van der Waals surface area (Å²) < 4.78 is 5.17. The first-order chi connectivity index (χ1) is 8.20. The average Bonchev–Trinajstić information content (AvgIpc) is 2.78. The third kappa shape index (κ3) is 2.74. The second-order valence-corrected chi connectivity index (χ2v) is 4.35. The fourth-order valence-corrected chi connectivity index (χ4v) is 2.16. The van der Waals surface area contributed by atoms with Gasteiger partial charge in [0, 0.05) is 26.1 Å². The number of hydrogen-bond acceptors (Lipinski definition) is 4. The van der Waals surface area contributed by atoms with Crippen molar-refractivity contribution in [3.63, 3.8) is 0 Å². The molecule has 3 N–H and O–H groups in total. The first-order valence-electron chi connectivity index (χ1n) is 5.76. The molecule has 5 heteroatoms. The molecule has 2 heterocycles. The minimum absolute atomic E-state index is 0.0134. The van der Waals surface area contributed by atoms with Crippen LogP contribution in [0.4, 0.5) is 5.82 Å². The molecule has 0 bridgehead atoms. The normalized spacial score (nSPS) is 19.6. The van der Waals surface area contributed by atoms with Gasteiger partial charge in [-0.1, -0.05) is 6.07 Å². The zero-order valence-corrected chi connectivity index (χ0v) is 10.0. The number of rotatable bonds is 4. The fourth-order valence-electron chi connectivity index (χ4n) is 2.16. The molecule has 0 radical (unpaired) electrons. The molecule has 5 nitrogen and oxygen atoms in total. The highest BCUT2D eigenvalue weighted by molar-refractivity contribution is 5.93. The molecule has 1 saturated heterocycles. The summed E-state index contributed by atoms with van der Waals surface area (Å²) in [6.07, 6.45) is 1.12. The van der Waals surface area contributed by atoms with Crippen LogP contribution in [0.3, 0.4) is 0 Å². The Labute approximate surface area is 101 Å². The molecule has 0 saturated carbocycles. The summed E-state index contributed by atoms with van der Waals surface area (Å²) in [4.78, 5) is 6.60. The highest BCUT2D eigenvalue weighted by Gasteiger charge is 2.23. The van der Waals surface area contributed by atoms with Crippen molar-refractivity contribution in [2.45, 2.75) is 6.42 Å². The van der Waals surface area contributed by atoms with Gasteiger partial charge in [-0.05, 0) is 18.6 Å². The Morgan fingerprint density at radius 1 is 1.65 bits per heavy atom. The van der Waals surface area contributed by atoms with Crippen molar-refractivity contribution in [1.29, 1.82) is 5.41 Å². The van der Waals surface area contributed by atoms with Crippen molar-refractivity contribution < 1.29 is 4.74 Å².